The van der Waals surface area contributed by atoms with E-state index in [4.69, 9.17) is 5.11 Å². The maximum absolute atomic E-state index is 8.72. The molecule has 0 spiro atoms. The molecule has 1 aromatic heterocycles. The molecule has 1 rings (SSSR count). The summed E-state index contributed by atoms with van der Waals surface area (Å²) in [5.41, 5.74) is 0. The number of nitrogens with zero attached hydrogens (tertiary/aromatic N) is 1. The maximum atomic E-state index is 8.72. The largest absolute Gasteiger partial charge is 0.506 e. The first-order valence-electron chi connectivity index (χ1n) is 4.08. The van der Waals surface area contributed by atoms with Crippen LogP contribution < -0.4 is 0 Å². The Kier molecular flexibility index (Phi) is 12.2. The summed E-state index contributed by atoms with van der Waals surface area (Å²) in [4.78, 5) is 3.69. The van der Waals surface area contributed by atoms with Crippen molar-refractivity contribution in [2.24, 2.45) is 0 Å². The van der Waals surface area contributed by atoms with Crippen molar-refractivity contribution >= 4 is 15.9 Å². The van der Waals surface area contributed by atoms with Gasteiger partial charge in [0.25, 0.3) is 0 Å². The second kappa shape index (κ2) is 10.4. The van der Waals surface area contributed by atoms with Gasteiger partial charge in [0, 0.05) is 10.7 Å². The zero-order valence-electron chi connectivity index (χ0n) is 8.00. The minimum Gasteiger partial charge on any atom is -0.506 e. The molecule has 2 nitrogen and oxygen atoms in total. The van der Waals surface area contributed by atoms with Gasteiger partial charge in [0.2, 0.25) is 0 Å². The summed E-state index contributed by atoms with van der Waals surface area (Å²) in [6, 6.07) is 1.58. The zero-order valence-corrected chi connectivity index (χ0v) is 9.59. The fourth-order valence-electron chi connectivity index (χ4n) is 0.401. The maximum Gasteiger partial charge on any atom is 0.134 e. The lowest BCUT2D eigenvalue weighted by Gasteiger charge is -1.87. The predicted octanol–water partition coefficient (Wildman–Crippen LogP) is 3.60. The van der Waals surface area contributed by atoms with Gasteiger partial charge in [0.15, 0.2) is 0 Å². The molecule has 1 heterocycles. The Hall–Kier alpha value is -0.570. The molecule has 0 bridgehead atoms. The molecule has 1 N–H and O–H groups in total. The Bertz CT molecular complexity index is 174. The number of pyridine rings is 1. The van der Waals surface area contributed by atoms with Gasteiger partial charge in [-0.25, -0.2) is 0 Å². The molecular formula is C9H16BrNO. The van der Waals surface area contributed by atoms with E-state index in [2.05, 4.69) is 20.9 Å². The fourth-order valence-corrected chi connectivity index (χ4v) is 0.753. The first-order valence-corrected chi connectivity index (χ1v) is 4.88. The predicted molar refractivity (Wildman–Crippen MR) is 56.3 cm³/mol. The van der Waals surface area contributed by atoms with Crippen molar-refractivity contribution in [1.82, 2.24) is 4.98 Å². The number of hydrogen-bond acceptors (Lipinski definition) is 2. The third-order valence-electron chi connectivity index (χ3n) is 0.690. The van der Waals surface area contributed by atoms with E-state index in [0.29, 0.717) is 0 Å². The van der Waals surface area contributed by atoms with Crippen molar-refractivity contribution in [2.45, 2.75) is 27.7 Å². The normalized spacial score (nSPS) is 7.08. The van der Waals surface area contributed by atoms with Crippen molar-refractivity contribution in [2.75, 3.05) is 0 Å². The molecule has 70 valence electrons. The van der Waals surface area contributed by atoms with Crippen molar-refractivity contribution in [1.29, 1.82) is 0 Å². The summed E-state index contributed by atoms with van der Waals surface area (Å²) in [5, 5.41) is 8.72. The Morgan fingerprint density at radius 2 is 1.67 bits per heavy atom. The minimum atomic E-state index is 0.180. The van der Waals surface area contributed by atoms with Crippen LogP contribution in [0, 0.1) is 0 Å². The molecule has 12 heavy (non-hydrogen) atoms. The van der Waals surface area contributed by atoms with Crippen molar-refractivity contribution < 1.29 is 5.11 Å². The van der Waals surface area contributed by atoms with Crippen LogP contribution >= 0.6 is 15.9 Å². The van der Waals surface area contributed by atoms with Gasteiger partial charge in [-0.05, 0) is 22.0 Å². The molecule has 0 aliphatic carbocycles. The highest BCUT2D eigenvalue weighted by Gasteiger charge is 1.86. The van der Waals surface area contributed by atoms with Crippen LogP contribution in [0.3, 0.4) is 0 Å². The third kappa shape index (κ3) is 7.54. The highest BCUT2D eigenvalue weighted by atomic mass is 79.9. The van der Waals surface area contributed by atoms with Gasteiger partial charge < -0.3 is 5.11 Å². The highest BCUT2D eigenvalue weighted by molar-refractivity contribution is 9.10. The molecular weight excluding hydrogens is 218 g/mol. The van der Waals surface area contributed by atoms with Gasteiger partial charge in [-0.3, -0.25) is 4.98 Å². The van der Waals surface area contributed by atoms with Crippen LogP contribution in [-0.2, 0) is 0 Å². The topological polar surface area (TPSA) is 33.1 Å². The summed E-state index contributed by atoms with van der Waals surface area (Å²) in [6.07, 6.45) is 2.99. The Balaban J connectivity index is 0. The molecule has 0 saturated carbocycles. The summed E-state index contributed by atoms with van der Waals surface area (Å²) < 4.78 is 0.789. The zero-order chi connectivity index (χ0) is 9.98. The van der Waals surface area contributed by atoms with Crippen LogP contribution in [0.15, 0.2) is 22.9 Å². The third-order valence-corrected chi connectivity index (χ3v) is 1.12. The molecule has 0 aliphatic rings. The van der Waals surface area contributed by atoms with Gasteiger partial charge in [0.05, 0.1) is 6.20 Å². The van der Waals surface area contributed by atoms with Gasteiger partial charge in [-0.1, -0.05) is 27.7 Å². The minimum absolute atomic E-state index is 0.180. The molecule has 0 aliphatic heterocycles. The van der Waals surface area contributed by atoms with Crippen LogP contribution in [0.1, 0.15) is 27.7 Å². The first kappa shape index (κ1) is 14.0. The molecule has 0 fully saturated rings. The average molecular weight is 234 g/mol. The number of aromatic nitrogens is 1. The van der Waals surface area contributed by atoms with Gasteiger partial charge in [0.1, 0.15) is 5.75 Å². The lowest BCUT2D eigenvalue weighted by atomic mass is 10.5. The Morgan fingerprint density at radius 3 is 1.92 bits per heavy atom. The number of halogens is 1. The van der Waals surface area contributed by atoms with E-state index in [1.807, 2.05) is 27.7 Å². The monoisotopic (exact) mass is 233 g/mol. The van der Waals surface area contributed by atoms with E-state index in [-0.39, 0.29) is 5.75 Å². The van der Waals surface area contributed by atoms with Crippen LogP contribution in [0.4, 0.5) is 0 Å². The smallest absolute Gasteiger partial charge is 0.134 e. The average Bonchev–Trinajstić information content (AvgIpc) is 2.11. The standard InChI is InChI=1S/C5H4BrNO.2C2H6/c6-4-1-5(8)3-7-2-4;2*1-2/h1-3,8H;2*1-2H3. The first-order chi connectivity index (χ1) is 5.79. The molecule has 0 aromatic carbocycles. The second-order valence-corrected chi connectivity index (χ2v) is 2.28. The second-order valence-electron chi connectivity index (χ2n) is 1.36. The summed E-state index contributed by atoms with van der Waals surface area (Å²) >= 11 is 3.14. The van der Waals surface area contributed by atoms with Gasteiger partial charge >= 0.3 is 0 Å². The van der Waals surface area contributed by atoms with E-state index >= 15 is 0 Å². The SMILES string of the molecule is CC.CC.Oc1cncc(Br)c1. The molecule has 0 atom stereocenters. The van der Waals surface area contributed by atoms with Crippen LogP contribution in [0.25, 0.3) is 0 Å². The molecule has 0 saturated heterocycles. The van der Waals surface area contributed by atoms with Crippen LogP contribution in [0.2, 0.25) is 0 Å². The number of hydrogen-bond donors (Lipinski definition) is 1. The van der Waals surface area contributed by atoms with E-state index in [9.17, 15) is 0 Å². The van der Waals surface area contributed by atoms with E-state index in [1.54, 1.807) is 12.3 Å². The van der Waals surface area contributed by atoms with Crippen molar-refractivity contribution in [3.05, 3.63) is 22.9 Å². The number of aromatic hydroxyl groups is 1. The van der Waals surface area contributed by atoms with Gasteiger partial charge in [-0.2, -0.15) is 0 Å². The fraction of sp³-hybridized carbons (Fsp3) is 0.444. The molecule has 1 aromatic rings. The molecule has 3 heteroatoms. The van der Waals surface area contributed by atoms with E-state index < -0.39 is 0 Å². The summed E-state index contributed by atoms with van der Waals surface area (Å²) in [7, 11) is 0. The van der Waals surface area contributed by atoms with Gasteiger partial charge in [-0.15, -0.1) is 0 Å². The Morgan fingerprint density at radius 1 is 1.17 bits per heavy atom. The lowest BCUT2D eigenvalue weighted by molar-refractivity contribution is 0.472. The van der Waals surface area contributed by atoms with E-state index in [1.165, 1.54) is 6.20 Å². The number of rotatable bonds is 0. The highest BCUT2D eigenvalue weighted by Crippen LogP contribution is 2.12. The van der Waals surface area contributed by atoms with Crippen LogP contribution in [0.5, 0.6) is 5.75 Å². The Labute approximate surface area is 82.8 Å². The quantitative estimate of drug-likeness (QED) is 0.743. The van der Waals surface area contributed by atoms with Crippen LogP contribution in [-0.4, -0.2) is 10.1 Å². The molecule has 0 amide bonds. The summed E-state index contributed by atoms with van der Waals surface area (Å²) in [5.74, 6) is 0.180. The molecule has 0 unspecified atom stereocenters. The lowest BCUT2D eigenvalue weighted by Crippen LogP contribution is -1.68. The van der Waals surface area contributed by atoms with Crippen molar-refractivity contribution in [3.8, 4) is 5.75 Å². The van der Waals surface area contributed by atoms with Crippen molar-refractivity contribution in [3.63, 3.8) is 0 Å². The molecule has 0 radical (unpaired) electrons. The summed E-state index contributed by atoms with van der Waals surface area (Å²) in [6.45, 7) is 8.00. The van der Waals surface area contributed by atoms with E-state index in [0.717, 1.165) is 4.47 Å².